The van der Waals surface area contributed by atoms with Gasteiger partial charge in [0.2, 0.25) is 0 Å². The van der Waals surface area contributed by atoms with E-state index in [-0.39, 0.29) is 5.91 Å². The van der Waals surface area contributed by atoms with E-state index in [1.807, 2.05) is 23.7 Å². The fourth-order valence-corrected chi connectivity index (χ4v) is 4.60. The molecule has 1 saturated heterocycles. The zero-order valence-corrected chi connectivity index (χ0v) is 15.2. The van der Waals surface area contributed by atoms with E-state index in [9.17, 15) is 4.79 Å². The minimum Gasteiger partial charge on any atom is -0.338 e. The minimum atomic E-state index is 0.153. The number of amides is 1. The summed E-state index contributed by atoms with van der Waals surface area (Å²) in [5.41, 5.74) is 3.89. The molecule has 1 saturated carbocycles. The van der Waals surface area contributed by atoms with Crippen molar-refractivity contribution in [3.8, 4) is 5.69 Å². The van der Waals surface area contributed by atoms with Gasteiger partial charge in [0.05, 0.1) is 23.1 Å². The number of piperidine rings is 1. The summed E-state index contributed by atoms with van der Waals surface area (Å²) in [4.78, 5) is 15.1. The standard InChI is InChI=1S/C21H27N3O/c1-15-6-5-9-19(12-15)24-16(2)20(13-22-24)21(25)23-11-10-17-7-3-4-8-18(17)14-23/h5-6,9,12-13,17-18H,3-4,7-8,10-11,14H2,1-2H3. The van der Waals surface area contributed by atoms with Crippen molar-refractivity contribution in [1.29, 1.82) is 0 Å². The first-order valence-electron chi connectivity index (χ1n) is 9.54. The van der Waals surface area contributed by atoms with Gasteiger partial charge in [0.25, 0.3) is 5.91 Å². The number of hydrogen-bond donors (Lipinski definition) is 0. The Morgan fingerprint density at radius 2 is 1.92 bits per heavy atom. The quantitative estimate of drug-likeness (QED) is 0.826. The van der Waals surface area contributed by atoms with Crippen molar-refractivity contribution < 1.29 is 4.79 Å². The van der Waals surface area contributed by atoms with E-state index < -0.39 is 0 Å². The first-order valence-corrected chi connectivity index (χ1v) is 9.54. The summed E-state index contributed by atoms with van der Waals surface area (Å²) in [5, 5.41) is 4.49. The van der Waals surface area contributed by atoms with Crippen LogP contribution >= 0.6 is 0 Å². The molecule has 25 heavy (non-hydrogen) atoms. The summed E-state index contributed by atoms with van der Waals surface area (Å²) >= 11 is 0. The first-order chi connectivity index (χ1) is 12.1. The van der Waals surface area contributed by atoms with Crippen LogP contribution in [-0.4, -0.2) is 33.7 Å². The minimum absolute atomic E-state index is 0.153. The van der Waals surface area contributed by atoms with E-state index >= 15 is 0 Å². The van der Waals surface area contributed by atoms with Crippen molar-refractivity contribution in [2.24, 2.45) is 11.8 Å². The molecule has 1 amide bonds. The lowest BCUT2D eigenvalue weighted by molar-refractivity contribution is 0.0520. The predicted molar refractivity (Wildman–Crippen MR) is 99.0 cm³/mol. The molecule has 2 aliphatic rings. The summed E-state index contributed by atoms with van der Waals surface area (Å²) in [6, 6.07) is 8.24. The highest BCUT2D eigenvalue weighted by atomic mass is 16.2. The third-order valence-electron chi connectivity index (χ3n) is 6.06. The van der Waals surface area contributed by atoms with E-state index in [0.29, 0.717) is 5.92 Å². The van der Waals surface area contributed by atoms with Crippen LogP contribution in [0.3, 0.4) is 0 Å². The second-order valence-corrected chi connectivity index (χ2v) is 7.74. The Bertz CT molecular complexity index is 779. The lowest BCUT2D eigenvalue weighted by Crippen LogP contribution is -2.44. The molecule has 0 radical (unpaired) electrons. The van der Waals surface area contributed by atoms with Gasteiger partial charge in [-0.3, -0.25) is 4.79 Å². The summed E-state index contributed by atoms with van der Waals surface area (Å²) < 4.78 is 1.88. The molecule has 4 heteroatoms. The molecular weight excluding hydrogens is 310 g/mol. The smallest absolute Gasteiger partial charge is 0.257 e. The average Bonchev–Trinajstić information content (AvgIpc) is 3.02. The molecular formula is C21H27N3O. The Morgan fingerprint density at radius 1 is 1.12 bits per heavy atom. The monoisotopic (exact) mass is 337 g/mol. The molecule has 0 bridgehead atoms. The highest BCUT2D eigenvalue weighted by Gasteiger charge is 2.34. The summed E-state index contributed by atoms with van der Waals surface area (Å²) in [7, 11) is 0. The molecule has 1 aromatic heterocycles. The molecule has 0 spiro atoms. The van der Waals surface area contributed by atoms with E-state index in [1.54, 1.807) is 6.20 Å². The largest absolute Gasteiger partial charge is 0.338 e. The molecule has 0 N–H and O–H groups in total. The highest BCUT2D eigenvalue weighted by Crippen LogP contribution is 2.36. The van der Waals surface area contributed by atoms with E-state index in [2.05, 4.69) is 29.1 Å². The van der Waals surface area contributed by atoms with Crippen LogP contribution in [0.15, 0.2) is 30.5 Å². The van der Waals surface area contributed by atoms with E-state index in [4.69, 9.17) is 0 Å². The Morgan fingerprint density at radius 3 is 2.72 bits per heavy atom. The Kier molecular flexibility index (Phi) is 4.36. The molecule has 2 aromatic rings. The number of carbonyl (C=O) groups is 1. The van der Waals surface area contributed by atoms with Crippen LogP contribution in [-0.2, 0) is 0 Å². The van der Waals surface area contributed by atoms with Gasteiger partial charge in [-0.25, -0.2) is 4.68 Å². The van der Waals surface area contributed by atoms with Crippen LogP contribution in [0.5, 0.6) is 0 Å². The van der Waals surface area contributed by atoms with Gasteiger partial charge in [0, 0.05) is 13.1 Å². The zero-order chi connectivity index (χ0) is 17.4. The fraction of sp³-hybridized carbons (Fsp3) is 0.524. The summed E-state index contributed by atoms with van der Waals surface area (Å²) in [6.07, 6.45) is 8.26. The van der Waals surface area contributed by atoms with Crippen molar-refractivity contribution in [3.05, 3.63) is 47.3 Å². The topological polar surface area (TPSA) is 38.1 Å². The number of aromatic nitrogens is 2. The normalized spacial score (nSPS) is 23.4. The van der Waals surface area contributed by atoms with Gasteiger partial charge in [-0.15, -0.1) is 0 Å². The summed E-state index contributed by atoms with van der Waals surface area (Å²) in [6.45, 7) is 5.90. The van der Waals surface area contributed by atoms with Crippen molar-refractivity contribution in [1.82, 2.24) is 14.7 Å². The van der Waals surface area contributed by atoms with Crippen LogP contribution in [0.25, 0.3) is 5.69 Å². The summed E-state index contributed by atoms with van der Waals surface area (Å²) in [5.74, 6) is 1.70. The predicted octanol–water partition coefficient (Wildman–Crippen LogP) is 4.14. The van der Waals surface area contributed by atoms with Gasteiger partial charge in [-0.05, 0) is 56.2 Å². The Labute approximate surface area is 149 Å². The SMILES string of the molecule is Cc1cccc(-n2ncc(C(=O)N3CCC4CCCCC4C3)c2C)c1. The van der Waals surface area contributed by atoms with Crippen LogP contribution in [0.1, 0.15) is 53.7 Å². The van der Waals surface area contributed by atoms with Gasteiger partial charge < -0.3 is 4.90 Å². The first kappa shape index (κ1) is 16.4. The number of fused-ring (bicyclic) bond motifs is 1. The third-order valence-corrected chi connectivity index (χ3v) is 6.06. The van der Waals surface area contributed by atoms with Crippen molar-refractivity contribution in [3.63, 3.8) is 0 Å². The number of hydrogen-bond acceptors (Lipinski definition) is 2. The maximum Gasteiger partial charge on any atom is 0.257 e. The maximum absolute atomic E-state index is 13.1. The lowest BCUT2D eigenvalue weighted by atomic mass is 9.75. The van der Waals surface area contributed by atoms with E-state index in [0.717, 1.165) is 36.0 Å². The van der Waals surface area contributed by atoms with Gasteiger partial charge in [0.15, 0.2) is 0 Å². The van der Waals surface area contributed by atoms with Gasteiger partial charge in [-0.1, -0.05) is 31.4 Å². The van der Waals surface area contributed by atoms with E-state index in [1.165, 1.54) is 37.7 Å². The van der Waals surface area contributed by atoms with Crippen molar-refractivity contribution in [2.45, 2.75) is 46.0 Å². The average molecular weight is 337 g/mol. The molecule has 1 aliphatic heterocycles. The van der Waals surface area contributed by atoms with Crippen LogP contribution < -0.4 is 0 Å². The second-order valence-electron chi connectivity index (χ2n) is 7.74. The number of benzene rings is 1. The highest BCUT2D eigenvalue weighted by molar-refractivity contribution is 5.95. The number of carbonyl (C=O) groups excluding carboxylic acids is 1. The number of nitrogens with zero attached hydrogens (tertiary/aromatic N) is 3. The number of likely N-dealkylation sites (tertiary alicyclic amines) is 1. The fourth-order valence-electron chi connectivity index (χ4n) is 4.60. The lowest BCUT2D eigenvalue weighted by Gasteiger charge is -2.41. The van der Waals surface area contributed by atoms with Crippen LogP contribution in [0.4, 0.5) is 0 Å². The molecule has 1 aromatic carbocycles. The van der Waals surface area contributed by atoms with Crippen LogP contribution in [0.2, 0.25) is 0 Å². The molecule has 2 heterocycles. The molecule has 4 rings (SSSR count). The molecule has 4 nitrogen and oxygen atoms in total. The number of rotatable bonds is 2. The molecule has 2 unspecified atom stereocenters. The zero-order valence-electron chi connectivity index (χ0n) is 15.2. The molecule has 1 aliphatic carbocycles. The van der Waals surface area contributed by atoms with Crippen molar-refractivity contribution in [2.75, 3.05) is 13.1 Å². The second kappa shape index (κ2) is 6.66. The van der Waals surface area contributed by atoms with Gasteiger partial charge in [0.1, 0.15) is 0 Å². The number of aryl methyl sites for hydroxylation is 1. The van der Waals surface area contributed by atoms with Crippen molar-refractivity contribution >= 4 is 5.91 Å². The molecule has 2 fully saturated rings. The van der Waals surface area contributed by atoms with Crippen LogP contribution in [0, 0.1) is 25.7 Å². The maximum atomic E-state index is 13.1. The Hall–Kier alpha value is -2.10. The molecule has 132 valence electrons. The third kappa shape index (κ3) is 3.10. The van der Waals surface area contributed by atoms with Gasteiger partial charge in [-0.2, -0.15) is 5.10 Å². The van der Waals surface area contributed by atoms with Gasteiger partial charge >= 0.3 is 0 Å². The Balaban J connectivity index is 1.55. The molecule has 2 atom stereocenters.